The van der Waals surface area contributed by atoms with Gasteiger partial charge in [-0.15, -0.1) is 0 Å². The lowest BCUT2D eigenvalue weighted by Gasteiger charge is -2.24. The molecule has 1 atom stereocenters. The van der Waals surface area contributed by atoms with E-state index in [0.29, 0.717) is 47.5 Å². The number of hydrogen-bond acceptors (Lipinski definition) is 11. The van der Waals surface area contributed by atoms with Crippen molar-refractivity contribution in [3.05, 3.63) is 63.7 Å². The van der Waals surface area contributed by atoms with Gasteiger partial charge in [-0.05, 0) is 49.7 Å². The highest BCUT2D eigenvalue weighted by Crippen LogP contribution is 2.46. The SMILES string of the molecule is CCOC(=O)c1sc(N2C(=O)C(=O)/C(=C(/O)c3ccc4c(c3)OCCO4)C2c2ccc(OC)c(OC)c2)nc1C. The zero-order valence-corrected chi connectivity index (χ0v) is 23.0. The summed E-state index contributed by atoms with van der Waals surface area (Å²) >= 11 is 0.925. The minimum Gasteiger partial charge on any atom is -0.507 e. The molecule has 1 N–H and O–H groups in total. The molecule has 0 spiro atoms. The minimum absolute atomic E-state index is 0.101. The maximum Gasteiger partial charge on any atom is 0.350 e. The van der Waals surface area contributed by atoms with Crippen molar-refractivity contribution in [3.63, 3.8) is 0 Å². The van der Waals surface area contributed by atoms with E-state index in [0.717, 1.165) is 11.3 Å². The van der Waals surface area contributed by atoms with Crippen LogP contribution in [-0.2, 0) is 14.3 Å². The highest BCUT2D eigenvalue weighted by Gasteiger charge is 2.48. The summed E-state index contributed by atoms with van der Waals surface area (Å²) in [6.07, 6.45) is 0. The highest BCUT2D eigenvalue weighted by atomic mass is 32.1. The van der Waals surface area contributed by atoms with Gasteiger partial charge in [0.05, 0.1) is 38.1 Å². The molecule has 12 heteroatoms. The molecule has 1 aromatic heterocycles. The first-order valence-electron chi connectivity index (χ1n) is 12.4. The Bertz CT molecular complexity index is 1540. The van der Waals surface area contributed by atoms with E-state index in [1.165, 1.54) is 19.1 Å². The number of carbonyl (C=O) groups is 3. The Morgan fingerprint density at radius 3 is 2.50 bits per heavy atom. The summed E-state index contributed by atoms with van der Waals surface area (Å²) in [5.74, 6) is -1.13. The fourth-order valence-electron chi connectivity index (χ4n) is 4.59. The molecular formula is C28H26N2O9S. The second-order valence-corrected chi connectivity index (χ2v) is 9.75. The normalized spacial score (nSPS) is 17.6. The fraction of sp³-hybridized carbons (Fsp3) is 0.286. The van der Waals surface area contributed by atoms with Crippen molar-refractivity contribution in [1.29, 1.82) is 0 Å². The van der Waals surface area contributed by atoms with Gasteiger partial charge in [-0.2, -0.15) is 0 Å². The Labute approximate surface area is 233 Å². The number of rotatable bonds is 7. The van der Waals surface area contributed by atoms with Crippen LogP contribution in [-0.4, -0.2) is 61.8 Å². The van der Waals surface area contributed by atoms with Gasteiger partial charge >= 0.3 is 11.9 Å². The monoisotopic (exact) mass is 566 g/mol. The molecule has 40 heavy (non-hydrogen) atoms. The second kappa shape index (κ2) is 10.9. The van der Waals surface area contributed by atoms with Crippen molar-refractivity contribution in [1.82, 2.24) is 4.98 Å². The molecule has 2 aliphatic heterocycles. The lowest BCUT2D eigenvalue weighted by Crippen LogP contribution is -2.29. The zero-order valence-electron chi connectivity index (χ0n) is 22.2. The van der Waals surface area contributed by atoms with Crippen molar-refractivity contribution < 1.29 is 43.2 Å². The molecule has 0 bridgehead atoms. The van der Waals surface area contributed by atoms with Crippen LogP contribution in [0.4, 0.5) is 5.13 Å². The number of amides is 1. The summed E-state index contributed by atoms with van der Waals surface area (Å²) in [6.45, 7) is 4.19. The number of benzene rings is 2. The highest BCUT2D eigenvalue weighted by molar-refractivity contribution is 7.17. The molecule has 1 amide bonds. The molecule has 0 saturated carbocycles. The van der Waals surface area contributed by atoms with Gasteiger partial charge in [0.2, 0.25) is 0 Å². The summed E-state index contributed by atoms with van der Waals surface area (Å²) in [6, 6.07) is 8.56. The van der Waals surface area contributed by atoms with Gasteiger partial charge in [0.15, 0.2) is 28.1 Å². The number of thiazole rings is 1. The number of methoxy groups -OCH3 is 2. The third-order valence-electron chi connectivity index (χ3n) is 6.44. The standard InChI is InChI=1S/C28H26N2O9S/c1-5-37-27(34)25-14(2)29-28(40-25)30-22(15-6-8-17(35-3)19(12-15)36-4)21(24(32)26(30)33)23(31)16-7-9-18-20(13-16)39-11-10-38-18/h6-9,12-13,22,31H,5,10-11H2,1-4H3/b23-21+. The van der Waals surface area contributed by atoms with Gasteiger partial charge in [-0.25, -0.2) is 9.78 Å². The maximum atomic E-state index is 13.5. The summed E-state index contributed by atoms with van der Waals surface area (Å²) in [5.41, 5.74) is 0.884. The van der Waals surface area contributed by atoms with Crippen LogP contribution >= 0.6 is 11.3 Å². The lowest BCUT2D eigenvalue weighted by atomic mass is 9.95. The van der Waals surface area contributed by atoms with Crippen LogP contribution in [0.15, 0.2) is 42.0 Å². The zero-order chi connectivity index (χ0) is 28.6. The molecule has 5 rings (SSSR count). The number of aromatic nitrogens is 1. The number of ketones is 1. The van der Waals surface area contributed by atoms with E-state index in [9.17, 15) is 19.5 Å². The number of aliphatic hydroxyl groups is 1. The van der Waals surface area contributed by atoms with Crippen LogP contribution in [0.1, 0.15) is 39.5 Å². The molecule has 1 fully saturated rings. The molecule has 2 aliphatic rings. The first-order valence-corrected chi connectivity index (χ1v) is 13.2. The predicted molar refractivity (Wildman–Crippen MR) is 145 cm³/mol. The number of hydrogen-bond donors (Lipinski definition) is 1. The topological polar surface area (TPSA) is 134 Å². The Kier molecular flexibility index (Phi) is 7.35. The van der Waals surface area contributed by atoms with Crippen molar-refractivity contribution >= 4 is 39.9 Å². The van der Waals surface area contributed by atoms with E-state index in [4.69, 9.17) is 23.7 Å². The molecule has 11 nitrogen and oxygen atoms in total. The van der Waals surface area contributed by atoms with Gasteiger partial charge in [-0.1, -0.05) is 17.4 Å². The summed E-state index contributed by atoms with van der Waals surface area (Å²) in [7, 11) is 2.95. The molecule has 0 radical (unpaired) electrons. The van der Waals surface area contributed by atoms with Crippen molar-refractivity contribution in [3.8, 4) is 23.0 Å². The van der Waals surface area contributed by atoms with Crippen LogP contribution in [0.5, 0.6) is 23.0 Å². The van der Waals surface area contributed by atoms with Gasteiger partial charge in [0.25, 0.3) is 5.78 Å². The van der Waals surface area contributed by atoms with Crippen LogP contribution in [0, 0.1) is 6.92 Å². The number of Topliss-reactive ketones (excluding diaryl/α,β-unsaturated/α-hetero) is 1. The van der Waals surface area contributed by atoms with Crippen molar-refractivity contribution in [2.24, 2.45) is 0 Å². The smallest absolute Gasteiger partial charge is 0.350 e. The number of anilines is 1. The van der Waals surface area contributed by atoms with Gasteiger partial charge in [0, 0.05) is 5.56 Å². The fourth-order valence-corrected chi connectivity index (χ4v) is 5.57. The van der Waals surface area contributed by atoms with Crippen molar-refractivity contribution in [2.75, 3.05) is 38.9 Å². The molecule has 1 unspecified atom stereocenters. The molecule has 0 aliphatic carbocycles. The Hall–Kier alpha value is -4.58. The van der Waals surface area contributed by atoms with Crippen LogP contribution < -0.4 is 23.8 Å². The van der Waals surface area contributed by atoms with Gasteiger partial charge < -0.3 is 28.8 Å². The number of aliphatic hydroxyl groups excluding tert-OH is 1. The van der Waals surface area contributed by atoms with Gasteiger partial charge in [0.1, 0.15) is 23.9 Å². The lowest BCUT2D eigenvalue weighted by molar-refractivity contribution is -0.132. The number of nitrogens with zero attached hydrogens (tertiary/aromatic N) is 2. The predicted octanol–water partition coefficient (Wildman–Crippen LogP) is 4.04. The number of aryl methyl sites for hydroxylation is 1. The van der Waals surface area contributed by atoms with E-state index in [2.05, 4.69) is 4.98 Å². The average Bonchev–Trinajstić information content (AvgIpc) is 3.48. The third-order valence-corrected chi connectivity index (χ3v) is 7.57. The number of esters is 1. The first-order chi connectivity index (χ1) is 19.3. The van der Waals surface area contributed by atoms with Crippen molar-refractivity contribution in [2.45, 2.75) is 19.9 Å². The second-order valence-electron chi connectivity index (χ2n) is 8.77. The van der Waals surface area contributed by atoms with E-state index in [-0.39, 0.29) is 27.8 Å². The summed E-state index contributed by atoms with van der Waals surface area (Å²) in [5, 5.41) is 11.6. The molecule has 3 heterocycles. The van der Waals surface area contributed by atoms with Gasteiger partial charge in [-0.3, -0.25) is 14.5 Å². The van der Waals surface area contributed by atoms with Crippen LogP contribution in [0.25, 0.3) is 5.76 Å². The summed E-state index contributed by atoms with van der Waals surface area (Å²) < 4.78 is 27.1. The Balaban J connectivity index is 1.70. The maximum absolute atomic E-state index is 13.5. The minimum atomic E-state index is -1.10. The van der Waals surface area contributed by atoms with E-state index in [1.807, 2.05) is 0 Å². The largest absolute Gasteiger partial charge is 0.507 e. The molecule has 1 saturated heterocycles. The van der Waals surface area contributed by atoms with E-state index >= 15 is 0 Å². The van der Waals surface area contributed by atoms with E-state index in [1.54, 1.807) is 50.2 Å². The first kappa shape index (κ1) is 27.0. The molecular weight excluding hydrogens is 540 g/mol. The average molecular weight is 567 g/mol. The van der Waals surface area contributed by atoms with E-state index < -0.39 is 29.5 Å². The molecule has 208 valence electrons. The summed E-state index contributed by atoms with van der Waals surface area (Å²) in [4.78, 5) is 45.4. The molecule has 2 aromatic carbocycles. The molecule has 3 aromatic rings. The number of carbonyl (C=O) groups excluding carboxylic acids is 3. The Morgan fingerprint density at radius 2 is 1.80 bits per heavy atom. The quantitative estimate of drug-likeness (QED) is 0.193. The van der Waals surface area contributed by atoms with Crippen LogP contribution in [0.2, 0.25) is 0 Å². The van der Waals surface area contributed by atoms with Crippen LogP contribution in [0.3, 0.4) is 0 Å². The number of ether oxygens (including phenoxy) is 5. The third kappa shape index (κ3) is 4.60. The Morgan fingerprint density at radius 1 is 1.07 bits per heavy atom. The number of fused-ring (bicyclic) bond motifs is 1.